The molecule has 0 bridgehead atoms. The largest absolute Gasteiger partial charge is 0.375 e. The van der Waals surface area contributed by atoms with E-state index in [9.17, 15) is 4.79 Å². The monoisotopic (exact) mass is 512 g/mol. The van der Waals surface area contributed by atoms with E-state index in [2.05, 4.69) is 108 Å². The van der Waals surface area contributed by atoms with E-state index < -0.39 is 0 Å². The highest BCUT2D eigenvalue weighted by Crippen LogP contribution is 2.41. The van der Waals surface area contributed by atoms with E-state index in [1.165, 1.54) is 0 Å². The summed E-state index contributed by atoms with van der Waals surface area (Å²) in [4.78, 5) is 12.9. The van der Waals surface area contributed by atoms with Crippen molar-refractivity contribution in [1.29, 1.82) is 0 Å². The van der Waals surface area contributed by atoms with Crippen LogP contribution in [0.25, 0.3) is 0 Å². The van der Waals surface area contributed by atoms with Gasteiger partial charge in [-0.3, -0.25) is 4.79 Å². The van der Waals surface area contributed by atoms with Crippen molar-refractivity contribution in [1.82, 2.24) is 10.6 Å². The number of amides is 1. The van der Waals surface area contributed by atoms with Crippen LogP contribution in [-0.2, 0) is 14.3 Å². The Kier molecular flexibility index (Phi) is 13.7. The van der Waals surface area contributed by atoms with Gasteiger partial charge in [0, 0.05) is 25.0 Å². The summed E-state index contributed by atoms with van der Waals surface area (Å²) in [5.74, 6) is 0.168. The molecule has 0 heterocycles. The Morgan fingerprint density at radius 1 is 0.750 bits per heavy atom. The van der Waals surface area contributed by atoms with Gasteiger partial charge in [0.25, 0.3) is 0 Å². The highest BCUT2D eigenvalue weighted by molar-refractivity contribution is 5.76. The van der Waals surface area contributed by atoms with Gasteiger partial charge in [-0.25, -0.2) is 0 Å². The number of nitrogens with one attached hydrogen (secondary N) is 2. The molecule has 0 rings (SSSR count). The molecule has 0 aliphatic carbocycles. The van der Waals surface area contributed by atoms with E-state index in [0.717, 1.165) is 45.1 Å². The van der Waals surface area contributed by atoms with Crippen molar-refractivity contribution in [2.24, 2.45) is 10.8 Å². The summed E-state index contributed by atoms with van der Waals surface area (Å²) in [5, 5.41) is 6.86. The van der Waals surface area contributed by atoms with Gasteiger partial charge < -0.3 is 20.1 Å². The van der Waals surface area contributed by atoms with E-state index in [1.54, 1.807) is 0 Å². The van der Waals surface area contributed by atoms with Crippen molar-refractivity contribution in [3.05, 3.63) is 0 Å². The van der Waals surface area contributed by atoms with E-state index in [1.807, 2.05) is 0 Å². The third-order valence-electron chi connectivity index (χ3n) is 7.25. The average Bonchev–Trinajstić information content (AvgIpc) is 2.67. The molecule has 2 N–H and O–H groups in total. The van der Waals surface area contributed by atoms with Gasteiger partial charge in [-0.2, -0.15) is 0 Å². The molecule has 0 radical (unpaired) electrons. The molecule has 0 aromatic carbocycles. The fraction of sp³-hybridized carbons (Fsp3) is 0.968. The minimum absolute atomic E-state index is 0.00127. The van der Waals surface area contributed by atoms with Gasteiger partial charge in [-0.15, -0.1) is 0 Å². The molecular weight excluding hydrogens is 448 g/mol. The Bertz CT molecular complexity index is 645. The lowest BCUT2D eigenvalue weighted by atomic mass is 9.68. The third-order valence-corrected chi connectivity index (χ3v) is 7.25. The molecule has 2 atom stereocenters. The lowest BCUT2D eigenvalue weighted by molar-refractivity contribution is -0.132. The van der Waals surface area contributed by atoms with Crippen LogP contribution < -0.4 is 10.6 Å². The summed E-state index contributed by atoms with van der Waals surface area (Å²) in [6, 6.07) is 0. The maximum absolute atomic E-state index is 12.9. The normalized spacial score (nSPS) is 16.9. The second-order valence-corrected chi connectivity index (χ2v) is 15.1. The van der Waals surface area contributed by atoms with Gasteiger partial charge in [-0.05, 0) is 112 Å². The van der Waals surface area contributed by atoms with E-state index in [-0.39, 0.29) is 39.1 Å². The Balaban J connectivity index is 4.58. The lowest BCUT2D eigenvalue weighted by Gasteiger charge is -2.40. The van der Waals surface area contributed by atoms with Crippen LogP contribution in [0, 0.1) is 10.8 Å². The van der Waals surface area contributed by atoms with Crippen LogP contribution in [0.15, 0.2) is 0 Å². The van der Waals surface area contributed by atoms with E-state index in [4.69, 9.17) is 9.47 Å². The van der Waals surface area contributed by atoms with E-state index in [0.29, 0.717) is 19.6 Å². The second kappa shape index (κ2) is 13.9. The summed E-state index contributed by atoms with van der Waals surface area (Å²) in [5.41, 5.74) is -0.326. The van der Waals surface area contributed by atoms with Crippen LogP contribution in [0.2, 0.25) is 0 Å². The van der Waals surface area contributed by atoms with Gasteiger partial charge in [-0.1, -0.05) is 34.1 Å². The number of ether oxygens (including phenoxy) is 2. The lowest BCUT2D eigenvalue weighted by Crippen LogP contribution is -2.45. The summed E-state index contributed by atoms with van der Waals surface area (Å²) in [6.07, 6.45) is 6.39. The predicted molar refractivity (Wildman–Crippen MR) is 156 cm³/mol. The molecule has 216 valence electrons. The maximum Gasteiger partial charge on any atom is 0.220 e. The quantitative estimate of drug-likeness (QED) is 0.196. The van der Waals surface area contributed by atoms with Gasteiger partial charge in [0.2, 0.25) is 5.91 Å². The first-order chi connectivity index (χ1) is 16.1. The Labute approximate surface area is 225 Å². The highest BCUT2D eigenvalue weighted by Gasteiger charge is 2.35. The fourth-order valence-electron chi connectivity index (χ4n) is 4.85. The van der Waals surface area contributed by atoms with Crippen molar-refractivity contribution in [3.8, 4) is 0 Å². The zero-order valence-electron chi connectivity index (χ0n) is 26.8. The number of carbonyl (C=O) groups excluding carboxylic acids is 1. The molecule has 0 aliphatic rings. The molecule has 5 nitrogen and oxygen atoms in total. The summed E-state index contributed by atoms with van der Waals surface area (Å²) in [7, 11) is 0. The van der Waals surface area contributed by atoms with Gasteiger partial charge in [0.05, 0.1) is 23.4 Å². The van der Waals surface area contributed by atoms with Crippen LogP contribution in [0.5, 0.6) is 0 Å². The van der Waals surface area contributed by atoms with Crippen LogP contribution in [-0.4, -0.2) is 47.9 Å². The average molecular weight is 513 g/mol. The van der Waals surface area contributed by atoms with Gasteiger partial charge in [0.15, 0.2) is 0 Å². The molecule has 0 saturated carbocycles. The summed E-state index contributed by atoms with van der Waals surface area (Å²) in [6.45, 7) is 32.9. The van der Waals surface area contributed by atoms with Crippen LogP contribution >= 0.6 is 0 Å². The molecule has 0 spiro atoms. The van der Waals surface area contributed by atoms with Crippen LogP contribution in [0.1, 0.15) is 142 Å². The number of rotatable bonds is 17. The zero-order valence-corrected chi connectivity index (χ0v) is 26.8. The molecule has 0 fully saturated rings. The third kappa shape index (κ3) is 17.0. The topological polar surface area (TPSA) is 59.6 Å². The van der Waals surface area contributed by atoms with Crippen molar-refractivity contribution in [3.63, 3.8) is 0 Å². The minimum atomic E-state index is -0.219. The first kappa shape index (κ1) is 35.4. The van der Waals surface area contributed by atoms with Crippen LogP contribution in [0.3, 0.4) is 0 Å². The Hall–Kier alpha value is -0.650. The van der Waals surface area contributed by atoms with Crippen molar-refractivity contribution in [2.75, 3.05) is 19.7 Å². The number of hydrogen-bond acceptors (Lipinski definition) is 4. The molecule has 2 unspecified atom stereocenters. The molecule has 0 aliphatic heterocycles. The fourth-order valence-corrected chi connectivity index (χ4v) is 4.85. The smallest absolute Gasteiger partial charge is 0.220 e. The molecule has 1 amide bonds. The van der Waals surface area contributed by atoms with Gasteiger partial charge in [0.1, 0.15) is 0 Å². The minimum Gasteiger partial charge on any atom is -0.375 e. The second-order valence-electron chi connectivity index (χ2n) is 15.1. The van der Waals surface area contributed by atoms with Gasteiger partial charge >= 0.3 is 0 Å². The number of carbonyl (C=O) groups is 1. The molecule has 5 heteroatoms. The highest BCUT2D eigenvalue weighted by atomic mass is 16.5. The molecule has 0 aromatic rings. The maximum atomic E-state index is 12.9. The Morgan fingerprint density at radius 2 is 1.31 bits per heavy atom. The summed E-state index contributed by atoms with van der Waals surface area (Å²) >= 11 is 0. The first-order valence-electron chi connectivity index (χ1n) is 14.4. The molecule has 0 aromatic heterocycles. The van der Waals surface area contributed by atoms with E-state index >= 15 is 0 Å². The molecule has 0 saturated heterocycles. The SMILES string of the molecule is CCC(C)(CNC(C)(C)C)CC(C)(CC)CC(=O)NCCCC(C)(C)OCCC(C)(C)OC(C)(C)C. The predicted octanol–water partition coefficient (Wildman–Crippen LogP) is 7.66. The molecular formula is C31H64N2O3. The van der Waals surface area contributed by atoms with Crippen molar-refractivity contribution >= 4 is 5.91 Å². The van der Waals surface area contributed by atoms with Crippen molar-refractivity contribution in [2.45, 2.75) is 164 Å². The van der Waals surface area contributed by atoms with Crippen LogP contribution in [0.4, 0.5) is 0 Å². The first-order valence-corrected chi connectivity index (χ1v) is 14.4. The standard InChI is InChI=1S/C31H64N2O3/c1-15-30(13,23-31(14,16-2)24-33-26(3,4)5)22-25(34)32-20-17-18-28(9,10)35-21-19-29(11,12)36-27(6,7)8/h33H,15-24H2,1-14H3,(H,32,34). The Morgan fingerprint density at radius 3 is 1.78 bits per heavy atom. The zero-order chi connectivity index (χ0) is 28.5. The number of hydrogen-bond donors (Lipinski definition) is 2. The molecule has 36 heavy (non-hydrogen) atoms. The van der Waals surface area contributed by atoms with Crippen molar-refractivity contribution < 1.29 is 14.3 Å². The summed E-state index contributed by atoms with van der Waals surface area (Å²) < 4.78 is 12.3.